The van der Waals surface area contributed by atoms with Gasteiger partial charge in [-0.15, -0.1) is 0 Å². The summed E-state index contributed by atoms with van der Waals surface area (Å²) in [5.41, 5.74) is 6.00. The Morgan fingerprint density at radius 2 is 1.89 bits per heavy atom. The maximum absolute atomic E-state index is 4.41. The molecule has 0 aliphatic carbocycles. The van der Waals surface area contributed by atoms with Crippen LogP contribution in [0.4, 0.5) is 0 Å². The number of hydrogen-bond acceptors (Lipinski definition) is 2. The highest BCUT2D eigenvalue weighted by Gasteiger charge is 2.11. The molecule has 0 atom stereocenters. The van der Waals surface area contributed by atoms with Crippen LogP contribution in [0.15, 0.2) is 24.3 Å². The van der Waals surface area contributed by atoms with Crippen molar-refractivity contribution in [3.8, 4) is 11.3 Å². The number of aryl methyl sites for hydroxylation is 2. The molecule has 0 fully saturated rings. The molecule has 102 valence electrons. The first-order valence-electron chi connectivity index (χ1n) is 6.72. The minimum atomic E-state index is 0.116. The third kappa shape index (κ3) is 3.67. The van der Waals surface area contributed by atoms with E-state index in [2.05, 4.69) is 74.4 Å². The van der Waals surface area contributed by atoms with Crippen LogP contribution in [-0.2, 0) is 6.54 Å². The zero-order chi connectivity index (χ0) is 14.0. The summed E-state index contributed by atoms with van der Waals surface area (Å²) in [5, 5.41) is 11.0. The van der Waals surface area contributed by atoms with Gasteiger partial charge < -0.3 is 5.32 Å². The van der Waals surface area contributed by atoms with Gasteiger partial charge in [0.05, 0.1) is 5.69 Å². The van der Waals surface area contributed by atoms with Crippen molar-refractivity contribution < 1.29 is 0 Å². The van der Waals surface area contributed by atoms with E-state index < -0.39 is 0 Å². The first-order chi connectivity index (χ1) is 8.85. The molecule has 0 unspecified atom stereocenters. The van der Waals surface area contributed by atoms with Crippen LogP contribution in [0.25, 0.3) is 11.3 Å². The summed E-state index contributed by atoms with van der Waals surface area (Å²) >= 11 is 0. The average Bonchev–Trinajstić information content (AvgIpc) is 2.74. The molecule has 1 heterocycles. The molecule has 1 aromatic carbocycles. The van der Waals surface area contributed by atoms with E-state index in [4.69, 9.17) is 0 Å². The van der Waals surface area contributed by atoms with Crippen LogP contribution in [0.5, 0.6) is 0 Å². The first kappa shape index (κ1) is 13.8. The molecule has 3 nitrogen and oxygen atoms in total. The molecule has 2 rings (SSSR count). The Balaban J connectivity index is 2.16. The first-order valence-corrected chi connectivity index (χ1v) is 6.72. The summed E-state index contributed by atoms with van der Waals surface area (Å²) in [5.74, 6) is 0. The summed E-state index contributed by atoms with van der Waals surface area (Å²) in [7, 11) is 0. The Hall–Kier alpha value is -1.61. The van der Waals surface area contributed by atoms with E-state index in [0.29, 0.717) is 0 Å². The monoisotopic (exact) mass is 257 g/mol. The molecule has 2 N–H and O–H groups in total. The minimum absolute atomic E-state index is 0.116. The highest BCUT2D eigenvalue weighted by Crippen LogP contribution is 2.23. The number of benzene rings is 1. The van der Waals surface area contributed by atoms with Gasteiger partial charge in [0, 0.05) is 23.3 Å². The molecule has 0 saturated carbocycles. The lowest BCUT2D eigenvalue weighted by molar-refractivity contribution is 0.421. The molecule has 0 spiro atoms. The highest BCUT2D eigenvalue weighted by molar-refractivity contribution is 5.64. The van der Waals surface area contributed by atoms with Crippen LogP contribution in [0.2, 0.25) is 0 Å². The molecule has 3 heteroatoms. The number of nitrogens with one attached hydrogen (secondary N) is 2. The fourth-order valence-corrected chi connectivity index (χ4v) is 2.05. The van der Waals surface area contributed by atoms with E-state index in [0.717, 1.165) is 17.9 Å². The quantitative estimate of drug-likeness (QED) is 0.882. The molecule has 0 saturated heterocycles. The summed E-state index contributed by atoms with van der Waals surface area (Å²) < 4.78 is 0. The zero-order valence-electron chi connectivity index (χ0n) is 12.5. The molecule has 0 bridgehead atoms. The normalized spacial score (nSPS) is 11.8. The second kappa shape index (κ2) is 5.17. The average molecular weight is 257 g/mol. The van der Waals surface area contributed by atoms with Gasteiger partial charge in [-0.05, 0) is 46.2 Å². The molecule has 19 heavy (non-hydrogen) atoms. The topological polar surface area (TPSA) is 40.7 Å². The van der Waals surface area contributed by atoms with Crippen LogP contribution >= 0.6 is 0 Å². The van der Waals surface area contributed by atoms with Crippen LogP contribution in [0.1, 0.15) is 37.6 Å². The Kier molecular flexibility index (Phi) is 3.76. The van der Waals surface area contributed by atoms with Crippen molar-refractivity contribution in [3.05, 3.63) is 41.1 Å². The standard InChI is InChI=1S/C16H23N3/c1-11-6-7-14(12(2)8-11)15-9-13(18-19-15)10-17-16(3,4)5/h6-9,17H,10H2,1-5H3,(H,18,19). The maximum Gasteiger partial charge on any atom is 0.0926 e. The molecular formula is C16H23N3. The van der Waals surface area contributed by atoms with Gasteiger partial charge in [-0.25, -0.2) is 0 Å². The van der Waals surface area contributed by atoms with Crippen molar-refractivity contribution in [2.45, 2.75) is 46.7 Å². The van der Waals surface area contributed by atoms with Crippen molar-refractivity contribution in [1.82, 2.24) is 15.5 Å². The maximum atomic E-state index is 4.41. The molecule has 0 aliphatic rings. The fraction of sp³-hybridized carbons (Fsp3) is 0.438. The molecule has 0 amide bonds. The largest absolute Gasteiger partial charge is 0.306 e. The molecule has 2 aromatic rings. The van der Waals surface area contributed by atoms with Crippen molar-refractivity contribution in [1.29, 1.82) is 0 Å². The highest BCUT2D eigenvalue weighted by atomic mass is 15.1. The number of aromatic nitrogens is 2. The number of aromatic amines is 1. The molecular weight excluding hydrogens is 234 g/mol. The number of hydrogen-bond donors (Lipinski definition) is 2. The van der Waals surface area contributed by atoms with Crippen molar-refractivity contribution in [3.63, 3.8) is 0 Å². The van der Waals surface area contributed by atoms with E-state index >= 15 is 0 Å². The van der Waals surface area contributed by atoms with Crippen molar-refractivity contribution in [2.75, 3.05) is 0 Å². The van der Waals surface area contributed by atoms with E-state index in [-0.39, 0.29) is 5.54 Å². The van der Waals surface area contributed by atoms with Crippen molar-refractivity contribution >= 4 is 0 Å². The molecule has 1 aromatic heterocycles. The lowest BCUT2D eigenvalue weighted by Gasteiger charge is -2.19. The Morgan fingerprint density at radius 3 is 2.53 bits per heavy atom. The van der Waals surface area contributed by atoms with Gasteiger partial charge in [-0.2, -0.15) is 5.10 Å². The number of H-pyrrole nitrogens is 1. The van der Waals surface area contributed by atoms with Gasteiger partial charge in [0.1, 0.15) is 0 Å². The second-order valence-corrected chi connectivity index (χ2v) is 6.20. The lowest BCUT2D eigenvalue weighted by atomic mass is 10.0. The van der Waals surface area contributed by atoms with Crippen LogP contribution in [0, 0.1) is 13.8 Å². The predicted molar refractivity (Wildman–Crippen MR) is 80.1 cm³/mol. The van der Waals surface area contributed by atoms with Crippen molar-refractivity contribution in [2.24, 2.45) is 0 Å². The summed E-state index contributed by atoms with van der Waals surface area (Å²) in [6, 6.07) is 8.58. The Morgan fingerprint density at radius 1 is 1.16 bits per heavy atom. The summed E-state index contributed by atoms with van der Waals surface area (Å²) in [4.78, 5) is 0. The lowest BCUT2D eigenvalue weighted by Crippen LogP contribution is -2.35. The molecule has 0 radical (unpaired) electrons. The van der Waals surface area contributed by atoms with Gasteiger partial charge in [0.15, 0.2) is 0 Å². The van der Waals surface area contributed by atoms with Crippen LogP contribution in [-0.4, -0.2) is 15.7 Å². The molecule has 0 aliphatic heterocycles. The second-order valence-electron chi connectivity index (χ2n) is 6.20. The van der Waals surface area contributed by atoms with Gasteiger partial charge in [-0.3, -0.25) is 5.10 Å². The van der Waals surface area contributed by atoms with Crippen LogP contribution in [0.3, 0.4) is 0 Å². The fourth-order valence-electron chi connectivity index (χ4n) is 2.05. The van der Waals surface area contributed by atoms with Gasteiger partial charge in [-0.1, -0.05) is 23.8 Å². The Bertz CT molecular complexity index is 562. The van der Waals surface area contributed by atoms with E-state index in [1.54, 1.807) is 0 Å². The third-order valence-corrected chi connectivity index (χ3v) is 3.10. The van der Waals surface area contributed by atoms with Gasteiger partial charge in [0.2, 0.25) is 0 Å². The van der Waals surface area contributed by atoms with Gasteiger partial charge in [0.25, 0.3) is 0 Å². The van der Waals surface area contributed by atoms with E-state index in [9.17, 15) is 0 Å². The smallest absolute Gasteiger partial charge is 0.0926 e. The zero-order valence-corrected chi connectivity index (χ0v) is 12.5. The van der Waals surface area contributed by atoms with E-state index in [1.165, 1.54) is 16.7 Å². The predicted octanol–water partition coefficient (Wildman–Crippen LogP) is 3.58. The number of rotatable bonds is 3. The number of nitrogens with zero attached hydrogens (tertiary/aromatic N) is 1. The minimum Gasteiger partial charge on any atom is -0.306 e. The van der Waals surface area contributed by atoms with Gasteiger partial charge >= 0.3 is 0 Å². The van der Waals surface area contributed by atoms with Crippen LogP contribution < -0.4 is 5.32 Å². The summed E-state index contributed by atoms with van der Waals surface area (Å²) in [6.45, 7) is 11.5. The summed E-state index contributed by atoms with van der Waals surface area (Å²) in [6.07, 6.45) is 0. The van der Waals surface area contributed by atoms with E-state index in [1.807, 2.05) is 0 Å². The third-order valence-electron chi connectivity index (χ3n) is 3.10. The SMILES string of the molecule is Cc1ccc(-c2cc(CNC(C)(C)C)[nH]n2)c(C)c1. The Labute approximate surface area is 115 Å².